The van der Waals surface area contributed by atoms with Gasteiger partial charge >= 0.3 is 0 Å². The predicted molar refractivity (Wildman–Crippen MR) is 108 cm³/mol. The number of carbonyl (C=O) groups is 1. The normalized spacial score (nSPS) is 18.2. The molecule has 1 aliphatic heterocycles. The molecule has 0 bridgehead atoms. The van der Waals surface area contributed by atoms with Gasteiger partial charge in [-0.2, -0.15) is 11.8 Å². The first-order chi connectivity index (χ1) is 13.0. The Balaban J connectivity index is 1.66. The highest BCUT2D eigenvalue weighted by molar-refractivity contribution is 8.00. The number of hydrogen-bond acceptors (Lipinski definition) is 5. The number of nitrogens with zero attached hydrogens (tertiary/aromatic N) is 1. The van der Waals surface area contributed by atoms with Gasteiger partial charge in [-0.15, -0.1) is 0 Å². The third kappa shape index (κ3) is 5.18. The van der Waals surface area contributed by atoms with Crippen molar-refractivity contribution < 1.29 is 17.9 Å². The van der Waals surface area contributed by atoms with Crippen LogP contribution in [0.2, 0.25) is 0 Å². The maximum atomic E-state index is 12.7. The van der Waals surface area contributed by atoms with Gasteiger partial charge in [-0.05, 0) is 43.9 Å². The second kappa shape index (κ2) is 9.30. The molecule has 1 aromatic rings. The average molecular weight is 413 g/mol. The lowest BCUT2D eigenvalue weighted by Gasteiger charge is -2.18. The van der Waals surface area contributed by atoms with E-state index < -0.39 is 10.0 Å². The van der Waals surface area contributed by atoms with Crippen LogP contribution in [0.1, 0.15) is 48.9 Å². The van der Waals surface area contributed by atoms with Crippen LogP contribution >= 0.6 is 11.8 Å². The van der Waals surface area contributed by atoms with Crippen molar-refractivity contribution in [2.45, 2.75) is 48.7 Å². The molecule has 8 heteroatoms. The zero-order valence-electron chi connectivity index (χ0n) is 15.8. The summed E-state index contributed by atoms with van der Waals surface area (Å²) in [5.41, 5.74) is 0.308. The number of hydrogen-bond donors (Lipinski definition) is 1. The maximum absolute atomic E-state index is 12.7. The molecule has 0 radical (unpaired) electrons. The molecular formula is C19H28N2O4S2. The molecule has 1 aliphatic carbocycles. The second-order valence-electron chi connectivity index (χ2n) is 7.04. The van der Waals surface area contributed by atoms with Crippen molar-refractivity contribution in [3.8, 4) is 5.75 Å². The van der Waals surface area contributed by atoms with Crippen molar-refractivity contribution in [3.05, 3.63) is 23.8 Å². The van der Waals surface area contributed by atoms with E-state index in [4.69, 9.17) is 4.74 Å². The van der Waals surface area contributed by atoms with E-state index in [0.29, 0.717) is 36.2 Å². The molecule has 0 unspecified atom stereocenters. The molecule has 6 nitrogen and oxygen atoms in total. The molecule has 1 aromatic carbocycles. The summed E-state index contributed by atoms with van der Waals surface area (Å²) in [6, 6.07) is 4.49. The third-order valence-electron chi connectivity index (χ3n) is 5.15. The first kappa shape index (κ1) is 20.5. The fraction of sp³-hybridized carbons (Fsp3) is 0.632. The number of likely N-dealkylation sites (tertiary alicyclic amines) is 1. The number of sulfonamides is 1. The van der Waals surface area contributed by atoms with Gasteiger partial charge in [-0.1, -0.05) is 12.8 Å². The number of benzene rings is 1. The monoisotopic (exact) mass is 412 g/mol. The fourth-order valence-electron chi connectivity index (χ4n) is 3.65. The Bertz CT molecular complexity index is 755. The Labute approximate surface area is 166 Å². The summed E-state index contributed by atoms with van der Waals surface area (Å²) >= 11 is 1.84. The van der Waals surface area contributed by atoms with E-state index in [1.165, 1.54) is 44.9 Å². The first-order valence-corrected chi connectivity index (χ1v) is 12.1. The number of amides is 1. The lowest BCUT2D eigenvalue weighted by molar-refractivity contribution is 0.0789. The van der Waals surface area contributed by atoms with E-state index in [2.05, 4.69) is 4.72 Å². The standard InChI is InChI=1S/C19H28N2O4S2/c1-25-18-9-8-16(14-17(18)19(22)21-11-4-5-12-21)27(23,24)20-10-13-26-15-6-2-3-7-15/h8-9,14-15,20H,2-7,10-13H2,1H3. The van der Waals surface area contributed by atoms with Gasteiger partial charge in [0.05, 0.1) is 17.6 Å². The van der Waals surface area contributed by atoms with Crippen LogP contribution in [0.5, 0.6) is 5.75 Å². The second-order valence-corrected chi connectivity index (χ2v) is 10.2. The van der Waals surface area contributed by atoms with Gasteiger partial charge in [0.1, 0.15) is 5.75 Å². The van der Waals surface area contributed by atoms with E-state index in [-0.39, 0.29) is 10.8 Å². The summed E-state index contributed by atoms with van der Waals surface area (Å²) in [4.78, 5) is 14.6. The molecule has 1 N–H and O–H groups in total. The van der Waals surface area contributed by atoms with Gasteiger partial charge < -0.3 is 9.64 Å². The summed E-state index contributed by atoms with van der Waals surface area (Å²) < 4.78 is 33.2. The van der Waals surface area contributed by atoms with Gasteiger partial charge in [-0.25, -0.2) is 13.1 Å². The average Bonchev–Trinajstić information content (AvgIpc) is 3.38. The van der Waals surface area contributed by atoms with Crippen molar-refractivity contribution in [3.63, 3.8) is 0 Å². The SMILES string of the molecule is COc1ccc(S(=O)(=O)NCCSC2CCCC2)cc1C(=O)N1CCCC1. The van der Waals surface area contributed by atoms with Gasteiger partial charge in [0.25, 0.3) is 5.91 Å². The molecule has 1 amide bonds. The molecule has 27 heavy (non-hydrogen) atoms. The van der Waals surface area contributed by atoms with Crippen LogP contribution in [0.15, 0.2) is 23.1 Å². The van der Waals surface area contributed by atoms with Crippen LogP contribution in [0.3, 0.4) is 0 Å². The summed E-state index contributed by atoms with van der Waals surface area (Å²) in [5.74, 6) is 1.00. The number of ether oxygens (including phenoxy) is 1. The van der Waals surface area contributed by atoms with Crippen LogP contribution in [0.4, 0.5) is 0 Å². The minimum absolute atomic E-state index is 0.108. The van der Waals surface area contributed by atoms with Crippen LogP contribution < -0.4 is 9.46 Å². The molecule has 0 aromatic heterocycles. The number of rotatable bonds is 8. The predicted octanol–water partition coefficient (Wildman–Crippen LogP) is 2.89. The zero-order valence-corrected chi connectivity index (χ0v) is 17.4. The highest BCUT2D eigenvalue weighted by Gasteiger charge is 2.25. The van der Waals surface area contributed by atoms with Crippen LogP contribution in [0.25, 0.3) is 0 Å². The summed E-state index contributed by atoms with van der Waals surface area (Å²) in [6.45, 7) is 1.80. The highest BCUT2D eigenvalue weighted by atomic mass is 32.2. The van der Waals surface area contributed by atoms with E-state index in [1.807, 2.05) is 11.8 Å². The quantitative estimate of drug-likeness (QED) is 0.665. The molecule has 1 saturated heterocycles. The van der Waals surface area contributed by atoms with E-state index in [0.717, 1.165) is 18.6 Å². The van der Waals surface area contributed by atoms with Crippen LogP contribution in [-0.2, 0) is 10.0 Å². The Morgan fingerprint density at radius 2 is 1.93 bits per heavy atom. The molecule has 3 rings (SSSR count). The van der Waals surface area contributed by atoms with Crippen molar-refractivity contribution >= 4 is 27.7 Å². The molecule has 2 fully saturated rings. The minimum Gasteiger partial charge on any atom is -0.496 e. The lowest BCUT2D eigenvalue weighted by Crippen LogP contribution is -2.29. The first-order valence-electron chi connectivity index (χ1n) is 9.60. The third-order valence-corrected chi connectivity index (χ3v) is 8.00. The topological polar surface area (TPSA) is 75.7 Å². The maximum Gasteiger partial charge on any atom is 0.257 e. The van der Waals surface area contributed by atoms with Gasteiger partial charge in [0, 0.05) is 30.6 Å². The molecule has 0 atom stereocenters. The van der Waals surface area contributed by atoms with Crippen molar-refractivity contribution in [2.24, 2.45) is 0 Å². The number of methoxy groups -OCH3 is 1. The molecule has 0 spiro atoms. The molecule has 150 valence electrons. The van der Waals surface area contributed by atoms with Gasteiger partial charge in [-0.3, -0.25) is 4.79 Å². The van der Waals surface area contributed by atoms with Crippen molar-refractivity contribution in [1.29, 1.82) is 0 Å². The summed E-state index contributed by atoms with van der Waals surface area (Å²) in [7, 11) is -2.16. The number of thioether (sulfide) groups is 1. The molecular weight excluding hydrogens is 384 g/mol. The molecule has 1 heterocycles. The Morgan fingerprint density at radius 1 is 1.22 bits per heavy atom. The zero-order chi connectivity index (χ0) is 19.3. The minimum atomic E-state index is -3.65. The fourth-order valence-corrected chi connectivity index (χ4v) is 6.06. The van der Waals surface area contributed by atoms with Crippen molar-refractivity contribution in [1.82, 2.24) is 9.62 Å². The van der Waals surface area contributed by atoms with Crippen LogP contribution in [-0.4, -0.2) is 57.0 Å². The van der Waals surface area contributed by atoms with E-state index in [1.54, 1.807) is 11.0 Å². The Kier molecular flexibility index (Phi) is 7.05. The molecule has 2 aliphatic rings. The van der Waals surface area contributed by atoms with Gasteiger partial charge in [0.15, 0.2) is 0 Å². The van der Waals surface area contributed by atoms with E-state index in [9.17, 15) is 13.2 Å². The highest BCUT2D eigenvalue weighted by Crippen LogP contribution is 2.29. The Morgan fingerprint density at radius 3 is 2.59 bits per heavy atom. The molecule has 1 saturated carbocycles. The summed E-state index contributed by atoms with van der Waals surface area (Å²) in [5, 5.41) is 0.667. The number of nitrogens with one attached hydrogen (secondary N) is 1. The Hall–Kier alpha value is -1.25. The number of carbonyl (C=O) groups excluding carboxylic acids is 1. The largest absolute Gasteiger partial charge is 0.496 e. The van der Waals surface area contributed by atoms with Crippen molar-refractivity contribution in [2.75, 3.05) is 32.5 Å². The van der Waals surface area contributed by atoms with E-state index >= 15 is 0 Å². The van der Waals surface area contributed by atoms with Gasteiger partial charge in [0.2, 0.25) is 10.0 Å². The lowest BCUT2D eigenvalue weighted by atomic mass is 10.1. The van der Waals surface area contributed by atoms with Crippen LogP contribution in [0, 0.1) is 0 Å². The summed E-state index contributed by atoms with van der Waals surface area (Å²) in [6.07, 6.45) is 6.99. The smallest absolute Gasteiger partial charge is 0.257 e.